The first-order valence-corrected chi connectivity index (χ1v) is 8.65. The van der Waals surface area contributed by atoms with Gasteiger partial charge in [-0.3, -0.25) is 14.4 Å². The number of hydrogen-bond acceptors (Lipinski definition) is 4. The van der Waals surface area contributed by atoms with Crippen molar-refractivity contribution in [2.24, 2.45) is 0 Å². The van der Waals surface area contributed by atoms with Crippen LogP contribution in [0.3, 0.4) is 0 Å². The predicted octanol–water partition coefficient (Wildman–Crippen LogP) is 2.14. The first-order chi connectivity index (χ1) is 13.0. The molecule has 3 N–H and O–H groups in total. The Labute approximate surface area is 156 Å². The Morgan fingerprint density at radius 2 is 1.81 bits per heavy atom. The van der Waals surface area contributed by atoms with E-state index >= 15 is 0 Å². The smallest absolute Gasteiger partial charge is 0.305 e. The van der Waals surface area contributed by atoms with Crippen molar-refractivity contribution in [3.05, 3.63) is 65.2 Å². The monoisotopic (exact) mass is 368 g/mol. The maximum Gasteiger partial charge on any atom is 0.305 e. The highest BCUT2D eigenvalue weighted by Crippen LogP contribution is 2.28. The third-order valence-corrected chi connectivity index (χ3v) is 4.27. The number of benzene rings is 2. The number of nitrogens with one attached hydrogen (secondary N) is 2. The second kappa shape index (κ2) is 8.46. The lowest BCUT2D eigenvalue weighted by Gasteiger charge is -2.25. The first-order valence-electron chi connectivity index (χ1n) is 8.65. The minimum Gasteiger partial charge on any atom is -0.481 e. The number of carbonyl (C=O) groups is 3. The molecule has 2 amide bonds. The molecule has 1 atom stereocenters. The van der Waals surface area contributed by atoms with Gasteiger partial charge in [-0.15, -0.1) is 0 Å². The lowest BCUT2D eigenvalue weighted by atomic mass is 9.97. The van der Waals surface area contributed by atoms with Gasteiger partial charge in [0.15, 0.2) is 6.10 Å². The van der Waals surface area contributed by atoms with Crippen molar-refractivity contribution in [2.75, 3.05) is 18.5 Å². The first kappa shape index (κ1) is 18.6. The van der Waals surface area contributed by atoms with E-state index in [-0.39, 0.29) is 24.8 Å². The van der Waals surface area contributed by atoms with Gasteiger partial charge in [0.2, 0.25) is 0 Å². The molecule has 1 aliphatic heterocycles. The van der Waals surface area contributed by atoms with Gasteiger partial charge in [0.25, 0.3) is 11.8 Å². The second-order valence-corrected chi connectivity index (χ2v) is 6.17. The van der Waals surface area contributed by atoms with Gasteiger partial charge in [-0.25, -0.2) is 0 Å². The molecule has 7 nitrogen and oxygen atoms in total. The van der Waals surface area contributed by atoms with Gasteiger partial charge >= 0.3 is 5.97 Å². The fraction of sp³-hybridized carbons (Fsp3) is 0.250. The fourth-order valence-corrected chi connectivity index (χ4v) is 2.91. The van der Waals surface area contributed by atoms with Crippen LogP contribution in [0.4, 0.5) is 5.69 Å². The van der Waals surface area contributed by atoms with E-state index in [9.17, 15) is 14.4 Å². The summed E-state index contributed by atoms with van der Waals surface area (Å²) in [6.07, 6.45) is -0.0112. The molecular weight excluding hydrogens is 348 g/mol. The summed E-state index contributed by atoms with van der Waals surface area (Å²) in [4.78, 5) is 35.0. The predicted molar refractivity (Wildman–Crippen MR) is 98.5 cm³/mol. The van der Waals surface area contributed by atoms with Crippen LogP contribution in [-0.4, -0.2) is 36.0 Å². The van der Waals surface area contributed by atoms with Gasteiger partial charge in [-0.05, 0) is 41.8 Å². The molecule has 0 radical (unpaired) electrons. The highest BCUT2D eigenvalue weighted by Gasteiger charge is 2.27. The summed E-state index contributed by atoms with van der Waals surface area (Å²) in [6, 6.07) is 14.1. The lowest BCUT2D eigenvalue weighted by Crippen LogP contribution is -2.28. The minimum absolute atomic E-state index is 0.0606. The maximum atomic E-state index is 12.6. The summed E-state index contributed by atoms with van der Waals surface area (Å²) in [5.74, 6) is -1.60. The number of carbonyl (C=O) groups excluding carboxylic acids is 2. The molecule has 1 aliphatic rings. The summed E-state index contributed by atoms with van der Waals surface area (Å²) < 4.78 is 5.64. The topological polar surface area (TPSA) is 105 Å². The average Bonchev–Trinajstić information content (AvgIpc) is 2.67. The summed E-state index contributed by atoms with van der Waals surface area (Å²) in [6.45, 7) is 0.551. The van der Waals surface area contributed by atoms with Crippen LogP contribution in [0, 0.1) is 0 Å². The maximum absolute atomic E-state index is 12.6. The van der Waals surface area contributed by atoms with Crippen LogP contribution < -0.4 is 10.6 Å². The molecule has 140 valence electrons. The highest BCUT2D eigenvalue weighted by atomic mass is 16.5. The molecule has 2 aromatic rings. The van der Waals surface area contributed by atoms with Gasteiger partial charge < -0.3 is 20.5 Å². The quantitative estimate of drug-likeness (QED) is 0.725. The molecule has 1 heterocycles. The number of hydrogen-bond donors (Lipinski definition) is 3. The molecular formula is C20H20N2O5. The normalized spacial score (nSPS) is 15.5. The van der Waals surface area contributed by atoms with Crippen LogP contribution in [0.15, 0.2) is 48.5 Å². The Morgan fingerprint density at radius 1 is 1.07 bits per heavy atom. The van der Waals surface area contributed by atoms with E-state index in [0.717, 1.165) is 17.5 Å². The SMILES string of the molecule is O=C(O)CCNC(=O)c1ccc(NC(=O)C2OCCc3ccccc32)cc1. The molecule has 0 saturated heterocycles. The molecule has 0 aromatic heterocycles. The van der Waals surface area contributed by atoms with Gasteiger partial charge in [0.05, 0.1) is 13.0 Å². The molecule has 3 rings (SSSR count). The van der Waals surface area contributed by atoms with Crippen molar-refractivity contribution in [3.8, 4) is 0 Å². The van der Waals surface area contributed by atoms with E-state index in [1.54, 1.807) is 24.3 Å². The van der Waals surface area contributed by atoms with E-state index in [2.05, 4.69) is 10.6 Å². The Hall–Kier alpha value is -3.19. The van der Waals surface area contributed by atoms with Crippen molar-refractivity contribution in [3.63, 3.8) is 0 Å². The third-order valence-electron chi connectivity index (χ3n) is 4.27. The van der Waals surface area contributed by atoms with Gasteiger partial charge in [0.1, 0.15) is 0 Å². The zero-order valence-electron chi connectivity index (χ0n) is 14.6. The van der Waals surface area contributed by atoms with Crippen molar-refractivity contribution >= 4 is 23.5 Å². The van der Waals surface area contributed by atoms with Crippen LogP contribution in [0.1, 0.15) is 34.0 Å². The van der Waals surface area contributed by atoms with Crippen LogP contribution in [-0.2, 0) is 20.7 Å². The zero-order chi connectivity index (χ0) is 19.2. The number of aliphatic carboxylic acids is 1. The van der Waals surface area contributed by atoms with Crippen LogP contribution in [0.5, 0.6) is 0 Å². The summed E-state index contributed by atoms with van der Waals surface area (Å²) in [5.41, 5.74) is 2.92. The standard InChI is InChI=1S/C20H20N2O5/c23-17(24)9-11-21-19(25)14-5-7-15(8-6-14)22-20(26)18-16-4-2-1-3-13(16)10-12-27-18/h1-8,18H,9-12H2,(H,21,25)(H,22,26)(H,23,24). The Morgan fingerprint density at radius 3 is 2.56 bits per heavy atom. The minimum atomic E-state index is -0.972. The van der Waals surface area contributed by atoms with Crippen molar-refractivity contribution in [2.45, 2.75) is 18.9 Å². The Kier molecular flexibility index (Phi) is 5.83. The summed E-state index contributed by atoms with van der Waals surface area (Å²) >= 11 is 0. The number of carboxylic acids is 1. The number of rotatable bonds is 6. The van der Waals surface area contributed by atoms with Gasteiger partial charge in [-0.2, -0.15) is 0 Å². The van der Waals surface area contributed by atoms with E-state index in [1.807, 2.05) is 24.3 Å². The number of fused-ring (bicyclic) bond motifs is 1. The van der Waals surface area contributed by atoms with E-state index in [0.29, 0.717) is 17.9 Å². The zero-order valence-corrected chi connectivity index (χ0v) is 14.6. The molecule has 0 fully saturated rings. The summed E-state index contributed by atoms with van der Waals surface area (Å²) in [7, 11) is 0. The van der Waals surface area contributed by atoms with Crippen LogP contribution in [0.25, 0.3) is 0 Å². The van der Waals surface area contributed by atoms with Gasteiger partial charge in [-0.1, -0.05) is 24.3 Å². The second-order valence-electron chi connectivity index (χ2n) is 6.17. The molecule has 7 heteroatoms. The van der Waals surface area contributed by atoms with Gasteiger partial charge in [0, 0.05) is 17.8 Å². The molecule has 2 aromatic carbocycles. The van der Waals surface area contributed by atoms with Crippen molar-refractivity contribution in [1.29, 1.82) is 0 Å². The van der Waals surface area contributed by atoms with Crippen molar-refractivity contribution in [1.82, 2.24) is 5.32 Å². The molecule has 1 unspecified atom stereocenters. The molecule has 27 heavy (non-hydrogen) atoms. The van der Waals surface area contributed by atoms with Crippen molar-refractivity contribution < 1.29 is 24.2 Å². The number of carboxylic acid groups (broad SMARTS) is 1. The number of anilines is 1. The van der Waals surface area contributed by atoms with E-state index < -0.39 is 12.1 Å². The number of amides is 2. The highest BCUT2D eigenvalue weighted by molar-refractivity contribution is 5.97. The average molecular weight is 368 g/mol. The van der Waals surface area contributed by atoms with Crippen LogP contribution in [0.2, 0.25) is 0 Å². The van der Waals surface area contributed by atoms with Crippen LogP contribution >= 0.6 is 0 Å². The molecule has 0 saturated carbocycles. The lowest BCUT2D eigenvalue weighted by molar-refractivity contribution is -0.136. The number of ether oxygens (including phenoxy) is 1. The summed E-state index contributed by atoms with van der Waals surface area (Å²) in [5, 5.41) is 13.9. The Balaban J connectivity index is 1.61. The molecule has 0 spiro atoms. The van der Waals surface area contributed by atoms with E-state index in [4.69, 9.17) is 9.84 Å². The van der Waals surface area contributed by atoms with E-state index in [1.165, 1.54) is 0 Å². The third kappa shape index (κ3) is 4.71. The molecule has 0 bridgehead atoms. The fourth-order valence-electron chi connectivity index (χ4n) is 2.91. The molecule has 0 aliphatic carbocycles. The Bertz CT molecular complexity index is 848. The largest absolute Gasteiger partial charge is 0.481 e.